The fraction of sp³-hybridized carbons (Fsp3) is 0.438. The highest BCUT2D eigenvalue weighted by atomic mass is 32.2. The number of fused-ring (bicyclic) bond motifs is 1. The van der Waals surface area contributed by atoms with Gasteiger partial charge in [-0.25, -0.2) is 9.52 Å². The molecular weight excluding hydrogens is 390 g/mol. The third-order valence-corrected chi connectivity index (χ3v) is 5.52. The average molecular weight is 411 g/mol. The third-order valence-electron chi connectivity index (χ3n) is 4.49. The molecule has 12 heteroatoms. The number of methoxy groups -OCH3 is 2. The van der Waals surface area contributed by atoms with E-state index in [0.717, 1.165) is 24.2 Å². The van der Waals surface area contributed by atoms with Gasteiger partial charge in [0.25, 0.3) is 0 Å². The standard InChI is InChI=1S/C16H21N5O6S/c1-26-14-5-11-12(6-15(14)27-2)19-17-7-13(11)21-8-10(9-21)3-4-18-28(24,25)20-16(22)23/h5-7,10,18,20H,3-4,8-9H2,1-2H3,(H,22,23). The Hall–Kier alpha value is -2.86. The van der Waals surface area contributed by atoms with Crippen molar-refractivity contribution in [2.75, 3.05) is 38.8 Å². The van der Waals surface area contributed by atoms with Gasteiger partial charge in [-0.3, -0.25) is 0 Å². The Bertz CT molecular complexity index is 977. The minimum Gasteiger partial charge on any atom is -0.493 e. The second-order valence-corrected chi connectivity index (χ2v) is 7.82. The summed E-state index contributed by atoms with van der Waals surface area (Å²) in [6.07, 6.45) is 0.653. The van der Waals surface area contributed by atoms with Crippen molar-refractivity contribution in [2.45, 2.75) is 6.42 Å². The molecule has 0 saturated carbocycles. The number of aromatic nitrogens is 2. The zero-order valence-corrected chi connectivity index (χ0v) is 16.2. The molecule has 0 unspecified atom stereocenters. The summed E-state index contributed by atoms with van der Waals surface area (Å²) in [5.74, 6) is 1.45. The molecule has 1 amide bonds. The molecule has 2 heterocycles. The summed E-state index contributed by atoms with van der Waals surface area (Å²) < 4.78 is 37.1. The van der Waals surface area contributed by atoms with Crippen LogP contribution in [-0.2, 0) is 10.2 Å². The van der Waals surface area contributed by atoms with Crippen LogP contribution in [0.5, 0.6) is 11.5 Å². The molecule has 1 fully saturated rings. The highest BCUT2D eigenvalue weighted by Gasteiger charge is 2.29. The maximum Gasteiger partial charge on any atom is 0.419 e. The number of ether oxygens (including phenoxy) is 2. The number of nitrogens with zero attached hydrogens (tertiary/aromatic N) is 3. The Morgan fingerprint density at radius 2 is 1.96 bits per heavy atom. The number of hydrogen-bond donors (Lipinski definition) is 3. The summed E-state index contributed by atoms with van der Waals surface area (Å²) in [5, 5.41) is 17.5. The van der Waals surface area contributed by atoms with Crippen molar-refractivity contribution >= 4 is 32.9 Å². The van der Waals surface area contributed by atoms with Crippen LogP contribution >= 0.6 is 0 Å². The zero-order valence-electron chi connectivity index (χ0n) is 15.4. The number of nitrogens with one attached hydrogen (secondary N) is 2. The van der Waals surface area contributed by atoms with E-state index < -0.39 is 16.3 Å². The predicted molar refractivity (Wildman–Crippen MR) is 101 cm³/mol. The number of anilines is 1. The van der Waals surface area contributed by atoms with Crippen molar-refractivity contribution in [3.63, 3.8) is 0 Å². The van der Waals surface area contributed by atoms with Gasteiger partial charge < -0.3 is 19.5 Å². The molecule has 1 aliphatic rings. The van der Waals surface area contributed by atoms with E-state index in [0.29, 0.717) is 23.4 Å². The van der Waals surface area contributed by atoms with Crippen molar-refractivity contribution in [2.24, 2.45) is 5.92 Å². The lowest BCUT2D eigenvalue weighted by atomic mass is 9.95. The van der Waals surface area contributed by atoms with E-state index in [1.54, 1.807) is 26.5 Å². The molecule has 3 rings (SSSR count). The van der Waals surface area contributed by atoms with Crippen molar-refractivity contribution in [1.82, 2.24) is 19.6 Å². The fourth-order valence-electron chi connectivity index (χ4n) is 3.12. The summed E-state index contributed by atoms with van der Waals surface area (Å²) in [6, 6.07) is 3.63. The molecule has 2 aromatic rings. The summed E-state index contributed by atoms with van der Waals surface area (Å²) in [5.41, 5.74) is 1.60. The normalized spacial score (nSPS) is 14.6. The third kappa shape index (κ3) is 4.34. The SMILES string of the molecule is COc1cc2nncc(N3CC(CCNS(=O)(=O)NC(=O)O)C3)c2cc1OC. The molecule has 0 spiro atoms. The van der Waals surface area contributed by atoms with Crippen molar-refractivity contribution in [1.29, 1.82) is 0 Å². The molecule has 28 heavy (non-hydrogen) atoms. The van der Waals surface area contributed by atoms with Crippen molar-refractivity contribution in [3.8, 4) is 11.5 Å². The number of carboxylic acid groups (broad SMARTS) is 1. The van der Waals surface area contributed by atoms with E-state index in [1.807, 2.05) is 6.07 Å². The Kier molecular flexibility index (Phi) is 5.70. The maximum absolute atomic E-state index is 11.4. The van der Waals surface area contributed by atoms with Crippen LogP contribution in [0.15, 0.2) is 18.3 Å². The smallest absolute Gasteiger partial charge is 0.419 e. The van der Waals surface area contributed by atoms with Crippen LogP contribution in [0.25, 0.3) is 10.9 Å². The van der Waals surface area contributed by atoms with Crippen LogP contribution in [0.4, 0.5) is 10.5 Å². The number of benzene rings is 1. The molecule has 1 aliphatic heterocycles. The number of amides is 1. The molecule has 1 aromatic heterocycles. The molecule has 152 valence electrons. The molecule has 0 bridgehead atoms. The van der Waals surface area contributed by atoms with E-state index in [1.165, 1.54) is 4.72 Å². The van der Waals surface area contributed by atoms with Gasteiger partial charge in [0.2, 0.25) is 0 Å². The largest absolute Gasteiger partial charge is 0.493 e. The van der Waals surface area contributed by atoms with Crippen LogP contribution < -0.4 is 23.8 Å². The first-order chi connectivity index (χ1) is 13.3. The van der Waals surface area contributed by atoms with E-state index in [4.69, 9.17) is 14.6 Å². The topological polar surface area (TPSA) is 143 Å². The lowest BCUT2D eigenvalue weighted by molar-refractivity contribution is 0.201. The van der Waals surface area contributed by atoms with E-state index in [9.17, 15) is 13.2 Å². The number of rotatable bonds is 8. The van der Waals surface area contributed by atoms with E-state index >= 15 is 0 Å². The first kappa shape index (κ1) is 19.9. The van der Waals surface area contributed by atoms with Gasteiger partial charge >= 0.3 is 16.3 Å². The lowest BCUT2D eigenvalue weighted by Crippen LogP contribution is -2.48. The van der Waals surface area contributed by atoms with Gasteiger partial charge in [-0.2, -0.15) is 23.3 Å². The van der Waals surface area contributed by atoms with Gasteiger partial charge in [0, 0.05) is 31.1 Å². The Balaban J connectivity index is 1.63. The lowest BCUT2D eigenvalue weighted by Gasteiger charge is -2.41. The molecular formula is C16H21N5O6S. The highest BCUT2D eigenvalue weighted by Crippen LogP contribution is 2.37. The maximum atomic E-state index is 11.4. The average Bonchev–Trinajstić information content (AvgIpc) is 2.60. The quantitative estimate of drug-likeness (QED) is 0.568. The Labute approximate surface area is 161 Å². The monoisotopic (exact) mass is 411 g/mol. The Morgan fingerprint density at radius 1 is 1.29 bits per heavy atom. The zero-order chi connectivity index (χ0) is 20.3. The van der Waals surface area contributed by atoms with Gasteiger partial charge in [-0.15, -0.1) is 0 Å². The van der Waals surface area contributed by atoms with Crippen molar-refractivity contribution < 1.29 is 27.8 Å². The fourth-order valence-corrected chi connectivity index (χ4v) is 3.81. The van der Waals surface area contributed by atoms with Crippen LogP contribution in [0, 0.1) is 5.92 Å². The van der Waals surface area contributed by atoms with E-state index in [2.05, 4.69) is 19.8 Å². The van der Waals surface area contributed by atoms with Crippen LogP contribution in [-0.4, -0.2) is 63.7 Å². The molecule has 1 saturated heterocycles. The van der Waals surface area contributed by atoms with Crippen LogP contribution in [0.3, 0.4) is 0 Å². The summed E-state index contributed by atoms with van der Waals surface area (Å²) in [7, 11) is -0.903. The second-order valence-electron chi connectivity index (χ2n) is 6.32. The molecule has 11 nitrogen and oxygen atoms in total. The first-order valence-corrected chi connectivity index (χ1v) is 9.94. The second kappa shape index (κ2) is 8.02. The van der Waals surface area contributed by atoms with Gasteiger partial charge in [0.05, 0.1) is 31.6 Å². The predicted octanol–water partition coefficient (Wildman–Crippen LogP) is 0.575. The first-order valence-electron chi connectivity index (χ1n) is 8.45. The molecule has 3 N–H and O–H groups in total. The summed E-state index contributed by atoms with van der Waals surface area (Å²) in [4.78, 5) is 12.5. The number of carbonyl (C=O) groups is 1. The van der Waals surface area contributed by atoms with E-state index in [-0.39, 0.29) is 12.5 Å². The number of hydrogen-bond acceptors (Lipinski definition) is 8. The Morgan fingerprint density at radius 3 is 2.61 bits per heavy atom. The van der Waals surface area contributed by atoms with Gasteiger partial charge in [-0.1, -0.05) is 0 Å². The van der Waals surface area contributed by atoms with Crippen LogP contribution in [0.2, 0.25) is 0 Å². The van der Waals surface area contributed by atoms with Crippen LogP contribution in [0.1, 0.15) is 6.42 Å². The summed E-state index contributed by atoms with van der Waals surface area (Å²) in [6.45, 7) is 1.61. The van der Waals surface area contributed by atoms with Gasteiger partial charge in [0.15, 0.2) is 11.5 Å². The minimum absolute atomic E-state index is 0.154. The molecule has 0 radical (unpaired) electrons. The summed E-state index contributed by atoms with van der Waals surface area (Å²) >= 11 is 0. The molecule has 1 aromatic carbocycles. The molecule has 0 atom stereocenters. The van der Waals surface area contributed by atoms with Crippen molar-refractivity contribution in [3.05, 3.63) is 18.3 Å². The van der Waals surface area contributed by atoms with Gasteiger partial charge in [-0.05, 0) is 18.4 Å². The minimum atomic E-state index is -4.03. The molecule has 0 aliphatic carbocycles. The highest BCUT2D eigenvalue weighted by molar-refractivity contribution is 7.88. The van der Waals surface area contributed by atoms with Gasteiger partial charge in [0.1, 0.15) is 0 Å².